The zero-order valence-corrected chi connectivity index (χ0v) is 22.3. The van der Waals surface area contributed by atoms with E-state index in [0.717, 1.165) is 109 Å². The van der Waals surface area contributed by atoms with Crippen molar-refractivity contribution in [1.82, 2.24) is 0 Å². The van der Waals surface area contributed by atoms with Gasteiger partial charge in [0.2, 0.25) is 0 Å². The van der Waals surface area contributed by atoms with Crippen molar-refractivity contribution in [3.05, 3.63) is 0 Å². The van der Waals surface area contributed by atoms with Crippen molar-refractivity contribution in [2.24, 2.45) is 11.3 Å². The molecule has 0 saturated heterocycles. The van der Waals surface area contributed by atoms with Crippen molar-refractivity contribution in [2.45, 2.75) is 160 Å². The van der Waals surface area contributed by atoms with Gasteiger partial charge in [0, 0.05) is 0 Å². The van der Waals surface area contributed by atoms with E-state index in [1.807, 2.05) is 0 Å². The topological polar surface area (TPSA) is 78.9 Å². The van der Waals surface area contributed by atoms with Gasteiger partial charge in [0.05, 0.1) is 5.92 Å². The second kappa shape index (κ2) is 13.8. The van der Waals surface area contributed by atoms with Crippen LogP contribution >= 0.6 is 0 Å². The molecule has 0 N–H and O–H groups in total. The Hall–Kier alpha value is -1.59. The van der Waals surface area contributed by atoms with Gasteiger partial charge >= 0.3 is 17.9 Å². The summed E-state index contributed by atoms with van der Waals surface area (Å²) in [6, 6.07) is 0. The number of hydrogen-bond donors (Lipinski definition) is 0. The van der Waals surface area contributed by atoms with Gasteiger partial charge in [-0.25, -0.2) is 0 Å². The quantitative estimate of drug-likeness (QED) is 0.168. The van der Waals surface area contributed by atoms with Gasteiger partial charge in [0.1, 0.15) is 18.3 Å². The van der Waals surface area contributed by atoms with E-state index in [4.69, 9.17) is 14.2 Å². The Morgan fingerprint density at radius 2 is 0.806 bits per heavy atom. The van der Waals surface area contributed by atoms with E-state index in [1.165, 1.54) is 12.8 Å². The Balaban J connectivity index is 1.56. The minimum absolute atomic E-state index is 0.115. The van der Waals surface area contributed by atoms with Gasteiger partial charge < -0.3 is 14.2 Å². The van der Waals surface area contributed by atoms with Crippen LogP contribution in [0.25, 0.3) is 0 Å². The molecule has 4 aliphatic rings. The van der Waals surface area contributed by atoms with E-state index >= 15 is 0 Å². The summed E-state index contributed by atoms with van der Waals surface area (Å²) in [6.07, 6.45) is 20.1. The van der Waals surface area contributed by atoms with Gasteiger partial charge in [0.25, 0.3) is 0 Å². The molecule has 0 aromatic heterocycles. The summed E-state index contributed by atoms with van der Waals surface area (Å²) >= 11 is 0. The molecule has 0 heterocycles. The molecule has 1 atom stereocenters. The molecule has 0 amide bonds. The summed E-state index contributed by atoms with van der Waals surface area (Å²) in [5.74, 6) is -2.27. The Bertz CT molecular complexity index is 675. The Morgan fingerprint density at radius 3 is 1.22 bits per heavy atom. The first kappa shape index (κ1) is 27.4. The fourth-order valence-electron chi connectivity index (χ4n) is 6.90. The summed E-state index contributed by atoms with van der Waals surface area (Å²) in [4.78, 5) is 41.6. The van der Waals surface area contributed by atoms with Gasteiger partial charge in [-0.1, -0.05) is 51.4 Å². The number of rotatable bonds is 6. The lowest BCUT2D eigenvalue weighted by Gasteiger charge is -2.40. The minimum atomic E-state index is -1.57. The zero-order chi connectivity index (χ0) is 25.2. The first-order valence-electron chi connectivity index (χ1n) is 15.2. The largest absolute Gasteiger partial charge is 0.462 e. The number of carbonyl (C=O) groups excluding carboxylic acids is 3. The summed E-state index contributed by atoms with van der Waals surface area (Å²) in [7, 11) is 0. The number of ether oxygens (including phenoxy) is 3. The van der Waals surface area contributed by atoms with Crippen molar-refractivity contribution in [2.75, 3.05) is 0 Å². The van der Waals surface area contributed by atoms with Crippen LogP contribution in [0, 0.1) is 11.3 Å². The maximum Gasteiger partial charge on any atom is 0.324 e. The van der Waals surface area contributed by atoms with Crippen LogP contribution in [0.4, 0.5) is 0 Å². The van der Waals surface area contributed by atoms with Crippen LogP contribution in [0.5, 0.6) is 0 Å². The third-order valence-electron chi connectivity index (χ3n) is 9.16. The average Bonchev–Trinajstić information content (AvgIpc) is 3.40. The van der Waals surface area contributed by atoms with Gasteiger partial charge in [-0.05, 0) is 89.9 Å². The van der Waals surface area contributed by atoms with Gasteiger partial charge in [-0.3, -0.25) is 14.4 Å². The van der Waals surface area contributed by atoms with Crippen LogP contribution in [0.15, 0.2) is 0 Å². The second-order valence-corrected chi connectivity index (χ2v) is 11.9. The Labute approximate surface area is 217 Å². The first-order chi connectivity index (χ1) is 17.6. The van der Waals surface area contributed by atoms with E-state index in [2.05, 4.69) is 0 Å². The normalized spacial score (nSPS) is 27.2. The highest BCUT2D eigenvalue weighted by Gasteiger charge is 2.60. The monoisotopic (exact) mass is 504 g/mol. The predicted molar refractivity (Wildman–Crippen MR) is 137 cm³/mol. The lowest BCUT2D eigenvalue weighted by atomic mass is 9.65. The molecule has 0 radical (unpaired) electrons. The maximum absolute atomic E-state index is 14.0. The van der Waals surface area contributed by atoms with Gasteiger partial charge in [-0.15, -0.1) is 0 Å². The highest BCUT2D eigenvalue weighted by molar-refractivity contribution is 6.04. The number of hydrogen-bond acceptors (Lipinski definition) is 6. The summed E-state index contributed by atoms with van der Waals surface area (Å²) in [5, 5.41) is 0. The SMILES string of the molecule is O=C(OC1CCCCCC1)C1CCCCC1(C(=O)OC1CCCCCC1)C(=O)OC1CCCCCC1. The molecule has 4 aliphatic carbocycles. The molecule has 4 saturated carbocycles. The lowest BCUT2D eigenvalue weighted by molar-refractivity contribution is -0.194. The fourth-order valence-corrected chi connectivity index (χ4v) is 6.90. The van der Waals surface area contributed by atoms with E-state index in [1.54, 1.807) is 0 Å². The van der Waals surface area contributed by atoms with Crippen LogP contribution in [0.1, 0.15) is 141 Å². The molecule has 6 nitrogen and oxygen atoms in total. The van der Waals surface area contributed by atoms with E-state index in [0.29, 0.717) is 19.3 Å². The minimum Gasteiger partial charge on any atom is -0.462 e. The van der Waals surface area contributed by atoms with Crippen molar-refractivity contribution in [1.29, 1.82) is 0 Å². The molecule has 4 fully saturated rings. The fraction of sp³-hybridized carbons (Fsp3) is 0.900. The van der Waals surface area contributed by atoms with Gasteiger partial charge in [0.15, 0.2) is 5.41 Å². The van der Waals surface area contributed by atoms with Gasteiger partial charge in [-0.2, -0.15) is 0 Å². The zero-order valence-electron chi connectivity index (χ0n) is 22.3. The number of carbonyl (C=O) groups is 3. The summed E-state index contributed by atoms with van der Waals surface area (Å²) < 4.78 is 18.2. The molecule has 36 heavy (non-hydrogen) atoms. The third-order valence-corrected chi connectivity index (χ3v) is 9.16. The van der Waals surface area contributed by atoms with Crippen LogP contribution in [0.3, 0.4) is 0 Å². The maximum atomic E-state index is 14.0. The Kier molecular flexibility index (Phi) is 10.5. The van der Waals surface area contributed by atoms with Crippen molar-refractivity contribution in [3.63, 3.8) is 0 Å². The molecule has 1 unspecified atom stereocenters. The van der Waals surface area contributed by atoms with E-state index in [-0.39, 0.29) is 18.3 Å². The average molecular weight is 505 g/mol. The molecule has 204 valence electrons. The summed E-state index contributed by atoms with van der Waals surface area (Å²) in [6.45, 7) is 0. The number of esters is 3. The lowest BCUT2D eigenvalue weighted by Crippen LogP contribution is -2.54. The summed E-state index contributed by atoms with van der Waals surface area (Å²) in [5.41, 5.74) is -1.57. The first-order valence-corrected chi connectivity index (χ1v) is 15.2. The molecular weight excluding hydrogens is 456 g/mol. The van der Waals surface area contributed by atoms with Crippen LogP contribution in [-0.2, 0) is 28.6 Å². The smallest absolute Gasteiger partial charge is 0.324 e. The predicted octanol–water partition coefficient (Wildman–Crippen LogP) is 6.96. The third kappa shape index (κ3) is 7.04. The molecule has 0 aromatic carbocycles. The molecule has 0 spiro atoms. The molecular formula is C30H48O6. The standard InChI is InChI=1S/C30H48O6/c31-27(34-23-15-7-1-2-8-16-23)26-21-13-14-22-30(26,28(32)35-24-17-9-3-4-10-18-24)29(33)36-25-19-11-5-6-12-20-25/h23-26H,1-22H2. The molecule has 0 aromatic rings. The highest BCUT2D eigenvalue weighted by atomic mass is 16.6. The molecule has 0 bridgehead atoms. The molecule has 0 aliphatic heterocycles. The van der Waals surface area contributed by atoms with Crippen LogP contribution in [-0.4, -0.2) is 36.2 Å². The van der Waals surface area contributed by atoms with Crippen molar-refractivity contribution >= 4 is 17.9 Å². The van der Waals surface area contributed by atoms with Crippen molar-refractivity contribution in [3.8, 4) is 0 Å². The van der Waals surface area contributed by atoms with Crippen molar-refractivity contribution < 1.29 is 28.6 Å². The molecule has 4 rings (SSSR count). The van der Waals surface area contributed by atoms with E-state index < -0.39 is 29.2 Å². The highest BCUT2D eigenvalue weighted by Crippen LogP contribution is 2.46. The van der Waals surface area contributed by atoms with Crippen LogP contribution < -0.4 is 0 Å². The molecule has 6 heteroatoms. The Morgan fingerprint density at radius 1 is 0.444 bits per heavy atom. The van der Waals surface area contributed by atoms with Crippen LogP contribution in [0.2, 0.25) is 0 Å². The second-order valence-electron chi connectivity index (χ2n) is 11.9. The van der Waals surface area contributed by atoms with E-state index in [9.17, 15) is 14.4 Å².